The van der Waals surface area contributed by atoms with Gasteiger partial charge in [0.05, 0.1) is 0 Å². The number of rotatable bonds is 8. The molecule has 0 aliphatic heterocycles. The van der Waals surface area contributed by atoms with Crippen molar-refractivity contribution in [2.75, 3.05) is 6.54 Å². The van der Waals surface area contributed by atoms with Gasteiger partial charge >= 0.3 is 0 Å². The quantitative estimate of drug-likeness (QED) is 0.751. The Labute approximate surface area is 104 Å². The second-order valence-corrected chi connectivity index (χ2v) is 5.00. The highest BCUT2D eigenvalue weighted by Crippen LogP contribution is 2.33. The van der Waals surface area contributed by atoms with Gasteiger partial charge in [0.15, 0.2) is 0 Å². The van der Waals surface area contributed by atoms with Crippen molar-refractivity contribution in [2.45, 2.75) is 58.5 Å². The highest BCUT2D eigenvalue weighted by atomic mass is 15.3. The summed E-state index contributed by atoms with van der Waals surface area (Å²) in [5.74, 6) is 2.01. The van der Waals surface area contributed by atoms with Gasteiger partial charge in [0.25, 0.3) is 0 Å². The Hall–Kier alpha value is -0.900. The lowest BCUT2D eigenvalue weighted by molar-refractivity contribution is 0.436. The minimum atomic E-state index is 0.606. The summed E-state index contributed by atoms with van der Waals surface area (Å²) >= 11 is 0. The molecule has 4 heteroatoms. The fourth-order valence-electron chi connectivity index (χ4n) is 2.28. The molecule has 1 saturated carbocycles. The van der Waals surface area contributed by atoms with Gasteiger partial charge in [-0.25, -0.2) is 4.98 Å². The molecule has 0 saturated heterocycles. The second kappa shape index (κ2) is 6.15. The molecule has 0 radical (unpaired) electrons. The maximum absolute atomic E-state index is 4.40. The molecule has 1 N–H and O–H groups in total. The predicted molar refractivity (Wildman–Crippen MR) is 68.8 cm³/mol. The van der Waals surface area contributed by atoms with Gasteiger partial charge in [-0.2, -0.15) is 5.10 Å². The molecule has 2 rings (SSSR count). The van der Waals surface area contributed by atoms with Crippen LogP contribution in [-0.4, -0.2) is 27.4 Å². The normalized spacial score (nSPS) is 17.3. The van der Waals surface area contributed by atoms with Crippen molar-refractivity contribution in [3.05, 3.63) is 12.2 Å². The van der Waals surface area contributed by atoms with E-state index in [9.17, 15) is 0 Å². The first-order valence-corrected chi connectivity index (χ1v) is 6.95. The average molecular weight is 236 g/mol. The van der Waals surface area contributed by atoms with E-state index in [1.54, 1.807) is 6.33 Å². The van der Waals surface area contributed by atoms with Crippen molar-refractivity contribution in [3.8, 4) is 0 Å². The predicted octanol–water partition coefficient (Wildman–Crippen LogP) is 2.01. The summed E-state index contributed by atoms with van der Waals surface area (Å²) in [6.45, 7) is 6.50. The molecule has 1 fully saturated rings. The first-order chi connectivity index (χ1) is 8.35. The Kier molecular flexibility index (Phi) is 4.54. The highest BCUT2D eigenvalue weighted by molar-refractivity contribution is 4.96. The first-order valence-electron chi connectivity index (χ1n) is 6.95. The zero-order chi connectivity index (χ0) is 12.1. The van der Waals surface area contributed by atoms with Crippen LogP contribution in [0.1, 0.15) is 45.4 Å². The highest BCUT2D eigenvalue weighted by Gasteiger charge is 2.31. The summed E-state index contributed by atoms with van der Waals surface area (Å²) < 4.78 is 2.06. The lowest BCUT2D eigenvalue weighted by atomic mass is 10.1. The summed E-state index contributed by atoms with van der Waals surface area (Å²) in [5.41, 5.74) is 0. The van der Waals surface area contributed by atoms with Crippen molar-refractivity contribution >= 4 is 0 Å². The molecule has 0 amide bonds. The third-order valence-corrected chi connectivity index (χ3v) is 3.38. The molecule has 4 nitrogen and oxygen atoms in total. The maximum atomic E-state index is 4.40. The van der Waals surface area contributed by atoms with E-state index in [0.29, 0.717) is 6.04 Å². The summed E-state index contributed by atoms with van der Waals surface area (Å²) in [7, 11) is 0. The number of hydrogen-bond acceptors (Lipinski definition) is 3. The standard InChI is InChI=1S/C13H24N4/c1-3-7-14-12(11-5-6-11)9-13-15-10-16-17(13)8-4-2/h10-12,14H,3-9H2,1-2H3. The fourth-order valence-corrected chi connectivity index (χ4v) is 2.28. The largest absolute Gasteiger partial charge is 0.313 e. The van der Waals surface area contributed by atoms with Crippen LogP contribution in [0.15, 0.2) is 6.33 Å². The maximum Gasteiger partial charge on any atom is 0.138 e. The molecule has 96 valence electrons. The van der Waals surface area contributed by atoms with E-state index >= 15 is 0 Å². The lowest BCUT2D eigenvalue weighted by Gasteiger charge is -2.17. The van der Waals surface area contributed by atoms with Crippen LogP contribution in [0.2, 0.25) is 0 Å². The molecule has 1 aromatic heterocycles. The summed E-state index contributed by atoms with van der Waals surface area (Å²) in [5, 5.41) is 7.95. The van der Waals surface area contributed by atoms with Crippen molar-refractivity contribution < 1.29 is 0 Å². The Morgan fingerprint density at radius 1 is 1.41 bits per heavy atom. The van der Waals surface area contributed by atoms with Gasteiger partial charge in [0.2, 0.25) is 0 Å². The number of aryl methyl sites for hydroxylation is 1. The molecule has 1 unspecified atom stereocenters. The van der Waals surface area contributed by atoms with Gasteiger partial charge in [-0.05, 0) is 38.1 Å². The molecule has 1 aromatic rings. The van der Waals surface area contributed by atoms with Crippen molar-refractivity contribution in [3.63, 3.8) is 0 Å². The number of hydrogen-bond donors (Lipinski definition) is 1. The van der Waals surface area contributed by atoms with Gasteiger partial charge in [-0.3, -0.25) is 4.68 Å². The van der Waals surface area contributed by atoms with Crippen molar-refractivity contribution in [1.82, 2.24) is 20.1 Å². The van der Waals surface area contributed by atoms with E-state index in [0.717, 1.165) is 37.7 Å². The molecule has 1 heterocycles. The summed E-state index contributed by atoms with van der Waals surface area (Å²) in [4.78, 5) is 4.40. The zero-order valence-corrected chi connectivity index (χ0v) is 11.0. The summed E-state index contributed by atoms with van der Waals surface area (Å²) in [6, 6.07) is 0.606. The molecule has 1 atom stereocenters. The number of nitrogens with zero attached hydrogens (tertiary/aromatic N) is 3. The van der Waals surface area contributed by atoms with Gasteiger partial charge in [-0.15, -0.1) is 0 Å². The molecular weight excluding hydrogens is 212 g/mol. The number of nitrogens with one attached hydrogen (secondary N) is 1. The van der Waals surface area contributed by atoms with Crippen LogP contribution >= 0.6 is 0 Å². The molecule has 17 heavy (non-hydrogen) atoms. The molecule has 1 aliphatic rings. The monoisotopic (exact) mass is 236 g/mol. The van der Waals surface area contributed by atoms with E-state index in [-0.39, 0.29) is 0 Å². The Balaban J connectivity index is 1.93. The fraction of sp³-hybridized carbons (Fsp3) is 0.846. The molecule has 0 spiro atoms. The lowest BCUT2D eigenvalue weighted by Crippen LogP contribution is -2.34. The van der Waals surface area contributed by atoms with Crippen LogP contribution in [0.3, 0.4) is 0 Å². The SMILES string of the molecule is CCCNC(Cc1ncnn1CCC)C1CC1. The van der Waals surface area contributed by atoms with Crippen LogP contribution in [0.25, 0.3) is 0 Å². The van der Waals surface area contributed by atoms with E-state index < -0.39 is 0 Å². The van der Waals surface area contributed by atoms with Crippen LogP contribution < -0.4 is 5.32 Å². The van der Waals surface area contributed by atoms with Crippen LogP contribution in [0.4, 0.5) is 0 Å². The van der Waals surface area contributed by atoms with Gasteiger partial charge in [0, 0.05) is 19.0 Å². The molecular formula is C13H24N4. The molecule has 1 aliphatic carbocycles. The van der Waals surface area contributed by atoms with Gasteiger partial charge in [-0.1, -0.05) is 13.8 Å². The second-order valence-electron chi connectivity index (χ2n) is 5.00. The van der Waals surface area contributed by atoms with Crippen LogP contribution in [-0.2, 0) is 13.0 Å². The molecule has 0 aromatic carbocycles. The van der Waals surface area contributed by atoms with E-state index in [2.05, 4.69) is 33.9 Å². The Morgan fingerprint density at radius 2 is 2.24 bits per heavy atom. The smallest absolute Gasteiger partial charge is 0.138 e. The topological polar surface area (TPSA) is 42.7 Å². The Morgan fingerprint density at radius 3 is 2.88 bits per heavy atom. The van der Waals surface area contributed by atoms with Crippen molar-refractivity contribution in [2.24, 2.45) is 5.92 Å². The third-order valence-electron chi connectivity index (χ3n) is 3.38. The van der Waals surface area contributed by atoms with Gasteiger partial charge in [0.1, 0.15) is 12.2 Å². The minimum absolute atomic E-state index is 0.606. The molecule has 0 bridgehead atoms. The number of aromatic nitrogens is 3. The Bertz CT molecular complexity index is 330. The first kappa shape index (κ1) is 12.6. The van der Waals surface area contributed by atoms with Crippen LogP contribution in [0, 0.1) is 5.92 Å². The summed E-state index contributed by atoms with van der Waals surface area (Å²) in [6.07, 6.45) is 7.80. The van der Waals surface area contributed by atoms with E-state index in [1.165, 1.54) is 19.3 Å². The van der Waals surface area contributed by atoms with Crippen molar-refractivity contribution in [1.29, 1.82) is 0 Å². The third kappa shape index (κ3) is 3.53. The average Bonchev–Trinajstić information content (AvgIpc) is 3.08. The van der Waals surface area contributed by atoms with Crippen LogP contribution in [0.5, 0.6) is 0 Å². The van der Waals surface area contributed by atoms with E-state index in [4.69, 9.17) is 0 Å². The van der Waals surface area contributed by atoms with E-state index in [1.807, 2.05) is 0 Å². The van der Waals surface area contributed by atoms with Gasteiger partial charge < -0.3 is 5.32 Å². The minimum Gasteiger partial charge on any atom is -0.313 e. The zero-order valence-electron chi connectivity index (χ0n) is 11.0.